The first-order chi connectivity index (χ1) is 11.5. The second-order valence-electron chi connectivity index (χ2n) is 4.65. The van der Waals surface area contributed by atoms with Gasteiger partial charge in [0.05, 0.1) is 6.61 Å². The summed E-state index contributed by atoms with van der Waals surface area (Å²) in [6.07, 6.45) is 1.54. The van der Waals surface area contributed by atoms with Gasteiger partial charge in [0.25, 0.3) is 11.8 Å². The lowest BCUT2D eigenvalue weighted by molar-refractivity contribution is -0.117. The summed E-state index contributed by atoms with van der Waals surface area (Å²) in [7, 11) is 0. The minimum absolute atomic E-state index is 0.0447. The van der Waals surface area contributed by atoms with Crippen molar-refractivity contribution in [3.63, 3.8) is 0 Å². The Balaban J connectivity index is 2.23. The van der Waals surface area contributed by atoms with Gasteiger partial charge < -0.3 is 20.2 Å². The Morgan fingerprint density at radius 2 is 1.83 bits per heavy atom. The molecule has 1 heterocycles. The van der Waals surface area contributed by atoms with Crippen molar-refractivity contribution in [3.05, 3.63) is 62.6 Å². The molecule has 6 nitrogen and oxygen atoms in total. The molecule has 0 saturated heterocycles. The molecule has 126 valence electrons. The van der Waals surface area contributed by atoms with Gasteiger partial charge in [-0.1, -0.05) is 28.1 Å². The molecule has 0 aliphatic carbocycles. The largest absolute Gasteiger partial charge is 0.444 e. The van der Waals surface area contributed by atoms with E-state index in [2.05, 4.69) is 42.5 Å². The fourth-order valence-electron chi connectivity index (χ4n) is 1.77. The molecule has 2 amide bonds. The van der Waals surface area contributed by atoms with Gasteiger partial charge in [0.2, 0.25) is 0 Å². The van der Waals surface area contributed by atoms with E-state index in [0.717, 1.165) is 10.0 Å². The fourth-order valence-corrected chi connectivity index (χ4v) is 2.34. The molecular formula is C16H14Br2N2O4. The summed E-state index contributed by atoms with van der Waals surface area (Å²) in [6, 6.07) is 10.3. The summed E-state index contributed by atoms with van der Waals surface area (Å²) < 4.78 is 6.48. The molecule has 3 N–H and O–H groups in total. The zero-order chi connectivity index (χ0) is 17.5. The van der Waals surface area contributed by atoms with E-state index in [1.807, 2.05) is 12.1 Å². The number of halogens is 2. The Bertz CT molecular complexity index is 754. The van der Waals surface area contributed by atoms with Crippen LogP contribution in [0.4, 0.5) is 0 Å². The smallest absolute Gasteiger partial charge is 0.291 e. The standard InChI is InChI=1S/C16H14Br2N2O4/c17-11-3-1-10(2-4-11)9-12(15(22)19-7-8-21)20-16(23)13-5-6-14(18)24-13/h1-6,9,21H,7-8H2,(H,19,22)(H,20,23)/b12-9+. The van der Waals surface area contributed by atoms with Crippen molar-refractivity contribution in [3.8, 4) is 0 Å². The Morgan fingerprint density at radius 3 is 2.42 bits per heavy atom. The lowest BCUT2D eigenvalue weighted by Gasteiger charge is -2.09. The van der Waals surface area contributed by atoms with Gasteiger partial charge in [-0.3, -0.25) is 9.59 Å². The quantitative estimate of drug-likeness (QED) is 0.581. The van der Waals surface area contributed by atoms with Crippen LogP contribution in [0.2, 0.25) is 0 Å². The van der Waals surface area contributed by atoms with Gasteiger partial charge in [-0.15, -0.1) is 0 Å². The maximum Gasteiger partial charge on any atom is 0.291 e. The molecule has 0 unspecified atom stereocenters. The molecular weight excluding hydrogens is 444 g/mol. The number of aliphatic hydroxyl groups is 1. The number of amides is 2. The van der Waals surface area contributed by atoms with Crippen LogP contribution in [-0.4, -0.2) is 30.1 Å². The number of benzene rings is 1. The monoisotopic (exact) mass is 456 g/mol. The van der Waals surface area contributed by atoms with Crippen LogP contribution in [0.15, 0.2) is 55.7 Å². The predicted molar refractivity (Wildman–Crippen MR) is 96.1 cm³/mol. The van der Waals surface area contributed by atoms with Crippen LogP contribution in [0.5, 0.6) is 0 Å². The molecule has 24 heavy (non-hydrogen) atoms. The highest BCUT2D eigenvalue weighted by atomic mass is 79.9. The highest BCUT2D eigenvalue weighted by Crippen LogP contribution is 2.15. The summed E-state index contributed by atoms with van der Waals surface area (Å²) in [4.78, 5) is 24.4. The van der Waals surface area contributed by atoms with E-state index in [1.54, 1.807) is 18.2 Å². The number of furan rings is 1. The molecule has 0 saturated carbocycles. The van der Waals surface area contributed by atoms with Crippen LogP contribution in [0.25, 0.3) is 6.08 Å². The molecule has 2 rings (SSSR count). The maximum absolute atomic E-state index is 12.2. The highest BCUT2D eigenvalue weighted by Gasteiger charge is 2.16. The predicted octanol–water partition coefficient (Wildman–Crippen LogP) is 2.68. The minimum atomic E-state index is -0.553. The second-order valence-corrected chi connectivity index (χ2v) is 6.34. The van der Waals surface area contributed by atoms with Crippen molar-refractivity contribution in [2.45, 2.75) is 0 Å². The first-order valence-corrected chi connectivity index (χ1v) is 8.51. The van der Waals surface area contributed by atoms with E-state index in [9.17, 15) is 9.59 Å². The second kappa shape index (κ2) is 8.81. The van der Waals surface area contributed by atoms with Crippen molar-refractivity contribution in [2.75, 3.05) is 13.2 Å². The van der Waals surface area contributed by atoms with Crippen molar-refractivity contribution in [1.29, 1.82) is 0 Å². The lowest BCUT2D eigenvalue weighted by Crippen LogP contribution is -2.36. The van der Waals surface area contributed by atoms with Crippen molar-refractivity contribution < 1.29 is 19.1 Å². The topological polar surface area (TPSA) is 91.6 Å². The molecule has 1 aromatic heterocycles. The van der Waals surface area contributed by atoms with Crippen molar-refractivity contribution in [2.24, 2.45) is 0 Å². The van der Waals surface area contributed by atoms with Crippen LogP contribution >= 0.6 is 31.9 Å². The van der Waals surface area contributed by atoms with Gasteiger partial charge >= 0.3 is 0 Å². The average Bonchev–Trinajstić information content (AvgIpc) is 3.00. The Hall–Kier alpha value is -1.90. The van der Waals surface area contributed by atoms with Crippen LogP contribution in [0.1, 0.15) is 16.1 Å². The SMILES string of the molecule is O=C(NCCO)/C(=C\c1ccc(Br)cc1)NC(=O)c1ccc(Br)o1. The Kier molecular flexibility index (Phi) is 6.77. The first-order valence-electron chi connectivity index (χ1n) is 6.92. The molecule has 0 bridgehead atoms. The Labute approximate surface area is 155 Å². The van der Waals surface area contributed by atoms with E-state index >= 15 is 0 Å². The third-order valence-electron chi connectivity index (χ3n) is 2.87. The van der Waals surface area contributed by atoms with Gasteiger partial charge in [-0.2, -0.15) is 0 Å². The molecule has 8 heteroatoms. The van der Waals surface area contributed by atoms with E-state index in [4.69, 9.17) is 9.52 Å². The van der Waals surface area contributed by atoms with Crippen LogP contribution in [0, 0.1) is 0 Å². The number of carbonyl (C=O) groups excluding carboxylic acids is 2. The number of hydrogen-bond acceptors (Lipinski definition) is 4. The molecule has 0 radical (unpaired) electrons. The number of aliphatic hydroxyl groups excluding tert-OH is 1. The molecule has 0 fully saturated rings. The van der Waals surface area contributed by atoms with Gasteiger partial charge in [-0.05, 0) is 51.8 Å². The molecule has 0 spiro atoms. The van der Waals surface area contributed by atoms with Crippen molar-refractivity contribution >= 4 is 49.8 Å². The third kappa shape index (κ3) is 5.33. The maximum atomic E-state index is 12.2. The number of rotatable bonds is 6. The molecule has 1 aromatic carbocycles. The zero-order valence-corrected chi connectivity index (χ0v) is 15.6. The van der Waals surface area contributed by atoms with Gasteiger partial charge in [0.15, 0.2) is 10.4 Å². The van der Waals surface area contributed by atoms with Gasteiger partial charge in [0, 0.05) is 11.0 Å². The van der Waals surface area contributed by atoms with E-state index in [0.29, 0.717) is 4.67 Å². The third-order valence-corrected chi connectivity index (χ3v) is 3.82. The zero-order valence-electron chi connectivity index (χ0n) is 12.4. The van der Waals surface area contributed by atoms with Crippen LogP contribution < -0.4 is 10.6 Å². The Morgan fingerprint density at radius 1 is 1.12 bits per heavy atom. The number of nitrogens with one attached hydrogen (secondary N) is 2. The summed E-state index contributed by atoms with van der Waals surface area (Å²) >= 11 is 6.45. The van der Waals surface area contributed by atoms with Gasteiger partial charge in [0.1, 0.15) is 5.70 Å². The molecule has 2 aromatic rings. The highest BCUT2D eigenvalue weighted by molar-refractivity contribution is 9.10. The summed E-state index contributed by atoms with van der Waals surface area (Å²) in [5, 5.41) is 13.9. The van der Waals surface area contributed by atoms with Gasteiger partial charge in [-0.25, -0.2) is 0 Å². The molecule has 0 aliphatic heterocycles. The normalized spacial score (nSPS) is 11.2. The average molecular weight is 458 g/mol. The van der Waals surface area contributed by atoms with Crippen molar-refractivity contribution in [1.82, 2.24) is 10.6 Å². The molecule has 0 atom stereocenters. The fraction of sp³-hybridized carbons (Fsp3) is 0.125. The summed E-state index contributed by atoms with van der Waals surface area (Å²) in [6.45, 7) is -0.116. The summed E-state index contributed by atoms with van der Waals surface area (Å²) in [5.41, 5.74) is 0.775. The van der Waals surface area contributed by atoms with Crippen LogP contribution in [-0.2, 0) is 4.79 Å². The van der Waals surface area contributed by atoms with E-state index in [1.165, 1.54) is 12.1 Å². The minimum Gasteiger partial charge on any atom is -0.444 e. The lowest BCUT2D eigenvalue weighted by atomic mass is 10.2. The van der Waals surface area contributed by atoms with E-state index in [-0.39, 0.29) is 24.6 Å². The van der Waals surface area contributed by atoms with E-state index < -0.39 is 11.8 Å². The number of carbonyl (C=O) groups is 2. The summed E-state index contributed by atoms with van der Waals surface area (Å²) in [5.74, 6) is -0.993. The first kappa shape index (κ1) is 18.4. The number of hydrogen-bond donors (Lipinski definition) is 3. The van der Waals surface area contributed by atoms with Crippen LogP contribution in [0.3, 0.4) is 0 Å². The molecule has 0 aliphatic rings.